The van der Waals surface area contributed by atoms with Gasteiger partial charge in [-0.1, -0.05) is 19.3 Å². The van der Waals surface area contributed by atoms with Crippen molar-refractivity contribution in [1.82, 2.24) is 4.31 Å². The van der Waals surface area contributed by atoms with E-state index in [9.17, 15) is 13.2 Å². The number of aryl methyl sites for hydroxylation is 1. The van der Waals surface area contributed by atoms with E-state index >= 15 is 0 Å². The third-order valence-corrected chi connectivity index (χ3v) is 7.40. The largest absolute Gasteiger partial charge is 0.477 e. The maximum atomic E-state index is 12.6. The van der Waals surface area contributed by atoms with Gasteiger partial charge in [0.15, 0.2) is 0 Å². The standard InChI is InChI=1S/C13H19NO4S2/c1-9-8-11(19-12(9)13(15)16)20(17,18)14(2)10-6-4-3-5-7-10/h8,10H,3-7H2,1-2H3,(H,15,16). The van der Waals surface area contributed by atoms with Gasteiger partial charge in [-0.25, -0.2) is 13.2 Å². The summed E-state index contributed by atoms with van der Waals surface area (Å²) in [6, 6.07) is 1.49. The van der Waals surface area contributed by atoms with Crippen molar-refractivity contribution < 1.29 is 18.3 Å². The zero-order valence-corrected chi connectivity index (χ0v) is 13.3. The van der Waals surface area contributed by atoms with E-state index in [0.29, 0.717) is 5.56 Å². The van der Waals surface area contributed by atoms with Crippen LogP contribution in [0.15, 0.2) is 10.3 Å². The van der Waals surface area contributed by atoms with Gasteiger partial charge >= 0.3 is 5.97 Å². The number of hydrogen-bond donors (Lipinski definition) is 1. The van der Waals surface area contributed by atoms with E-state index in [1.54, 1.807) is 14.0 Å². The first-order valence-corrected chi connectivity index (χ1v) is 8.91. The monoisotopic (exact) mass is 317 g/mol. The van der Waals surface area contributed by atoms with Crippen LogP contribution in [0, 0.1) is 6.92 Å². The average molecular weight is 317 g/mol. The summed E-state index contributed by atoms with van der Waals surface area (Å²) in [7, 11) is -1.99. The van der Waals surface area contributed by atoms with Crippen molar-refractivity contribution in [2.45, 2.75) is 49.3 Å². The zero-order valence-electron chi connectivity index (χ0n) is 11.6. The fourth-order valence-corrected chi connectivity index (χ4v) is 5.56. The maximum absolute atomic E-state index is 12.6. The first-order chi connectivity index (χ1) is 9.34. The molecule has 1 heterocycles. The maximum Gasteiger partial charge on any atom is 0.346 e. The molecule has 0 aliphatic heterocycles. The minimum absolute atomic E-state index is 0.0319. The van der Waals surface area contributed by atoms with Crippen LogP contribution < -0.4 is 0 Å². The average Bonchev–Trinajstić information content (AvgIpc) is 2.82. The quantitative estimate of drug-likeness (QED) is 0.926. The molecule has 0 spiro atoms. The topological polar surface area (TPSA) is 74.7 Å². The minimum atomic E-state index is -3.59. The Labute approximate surface area is 123 Å². The molecule has 1 aliphatic carbocycles. The molecule has 0 saturated heterocycles. The summed E-state index contributed by atoms with van der Waals surface area (Å²) in [5.74, 6) is -1.07. The molecule has 0 aromatic carbocycles. The lowest BCUT2D eigenvalue weighted by molar-refractivity contribution is 0.0701. The summed E-state index contributed by atoms with van der Waals surface area (Å²) in [4.78, 5) is 11.1. The van der Waals surface area contributed by atoms with Gasteiger partial charge in [0.05, 0.1) is 0 Å². The lowest BCUT2D eigenvalue weighted by Gasteiger charge is -2.29. The van der Waals surface area contributed by atoms with Crippen LogP contribution in [0.1, 0.15) is 47.3 Å². The summed E-state index contributed by atoms with van der Waals surface area (Å²) in [5, 5.41) is 9.03. The molecule has 1 aromatic rings. The normalized spacial score (nSPS) is 17.6. The van der Waals surface area contributed by atoms with Crippen LogP contribution in [-0.2, 0) is 10.0 Å². The van der Waals surface area contributed by atoms with Crippen LogP contribution in [0.4, 0.5) is 0 Å². The molecule has 1 aliphatic rings. The van der Waals surface area contributed by atoms with Gasteiger partial charge in [0.2, 0.25) is 0 Å². The van der Waals surface area contributed by atoms with Crippen LogP contribution >= 0.6 is 11.3 Å². The number of hydrogen-bond acceptors (Lipinski definition) is 4. The Bertz CT molecular complexity index is 600. The summed E-state index contributed by atoms with van der Waals surface area (Å²) in [6.45, 7) is 1.62. The molecule has 0 bridgehead atoms. The molecule has 0 unspecified atom stereocenters. The molecular weight excluding hydrogens is 298 g/mol. The molecule has 112 valence electrons. The van der Waals surface area contributed by atoms with Gasteiger partial charge in [-0.3, -0.25) is 0 Å². The number of thiophene rings is 1. The van der Waals surface area contributed by atoms with Gasteiger partial charge in [-0.05, 0) is 31.4 Å². The van der Waals surface area contributed by atoms with Crippen LogP contribution in [0.25, 0.3) is 0 Å². The Hall–Kier alpha value is -0.920. The Kier molecular flexibility index (Phi) is 4.51. The fraction of sp³-hybridized carbons (Fsp3) is 0.615. The van der Waals surface area contributed by atoms with Crippen molar-refractivity contribution in [3.63, 3.8) is 0 Å². The Morgan fingerprint density at radius 2 is 1.95 bits per heavy atom. The second-order valence-corrected chi connectivity index (χ2v) is 8.47. The highest BCUT2D eigenvalue weighted by Crippen LogP contribution is 2.31. The molecule has 2 rings (SSSR count). The Morgan fingerprint density at radius 3 is 2.45 bits per heavy atom. The summed E-state index contributed by atoms with van der Waals surface area (Å²) < 4.78 is 26.7. The number of sulfonamides is 1. The van der Waals surface area contributed by atoms with Crippen LogP contribution in [0.3, 0.4) is 0 Å². The first-order valence-electron chi connectivity index (χ1n) is 6.66. The van der Waals surface area contributed by atoms with Gasteiger partial charge < -0.3 is 5.11 Å². The smallest absolute Gasteiger partial charge is 0.346 e. The van der Waals surface area contributed by atoms with E-state index in [1.807, 2.05) is 0 Å². The number of aromatic carboxylic acids is 1. The highest BCUT2D eigenvalue weighted by molar-refractivity contribution is 7.91. The molecule has 0 atom stereocenters. The third-order valence-electron chi connectivity index (χ3n) is 3.81. The molecule has 1 saturated carbocycles. The predicted molar refractivity (Wildman–Crippen MR) is 77.8 cm³/mol. The number of carboxylic acids is 1. The van der Waals surface area contributed by atoms with E-state index in [4.69, 9.17) is 5.11 Å². The molecule has 5 nitrogen and oxygen atoms in total. The Morgan fingerprint density at radius 1 is 1.35 bits per heavy atom. The number of nitrogens with zero attached hydrogens (tertiary/aromatic N) is 1. The van der Waals surface area contributed by atoms with Crippen molar-refractivity contribution in [3.8, 4) is 0 Å². The Balaban J connectivity index is 2.29. The molecule has 1 fully saturated rings. The minimum Gasteiger partial charge on any atom is -0.477 e. The number of rotatable bonds is 4. The van der Waals surface area contributed by atoms with E-state index in [-0.39, 0.29) is 15.1 Å². The van der Waals surface area contributed by atoms with Crippen molar-refractivity contribution in [3.05, 3.63) is 16.5 Å². The van der Waals surface area contributed by atoms with Crippen molar-refractivity contribution in [2.75, 3.05) is 7.05 Å². The SMILES string of the molecule is Cc1cc(S(=O)(=O)N(C)C2CCCCC2)sc1C(=O)O. The van der Waals surface area contributed by atoms with Crippen molar-refractivity contribution in [2.24, 2.45) is 0 Å². The van der Waals surface area contributed by atoms with Gasteiger partial charge in [-0.2, -0.15) is 4.31 Å². The van der Waals surface area contributed by atoms with Crippen molar-refractivity contribution >= 4 is 27.3 Å². The van der Waals surface area contributed by atoms with Gasteiger partial charge in [-0.15, -0.1) is 11.3 Å². The van der Waals surface area contributed by atoms with Crippen molar-refractivity contribution in [1.29, 1.82) is 0 Å². The molecule has 1 N–H and O–H groups in total. The van der Waals surface area contributed by atoms with Gasteiger partial charge in [0, 0.05) is 13.1 Å². The van der Waals surface area contributed by atoms with E-state index in [2.05, 4.69) is 0 Å². The lowest BCUT2D eigenvalue weighted by Crippen LogP contribution is -2.37. The van der Waals surface area contributed by atoms with Gasteiger partial charge in [0.25, 0.3) is 10.0 Å². The summed E-state index contributed by atoms with van der Waals surface area (Å²) >= 11 is 0.838. The van der Waals surface area contributed by atoms with E-state index < -0.39 is 16.0 Å². The zero-order chi connectivity index (χ0) is 14.9. The number of carboxylic acid groups (broad SMARTS) is 1. The van der Waals surface area contributed by atoms with Crippen LogP contribution in [0.5, 0.6) is 0 Å². The van der Waals surface area contributed by atoms with E-state index in [1.165, 1.54) is 10.4 Å². The highest BCUT2D eigenvalue weighted by Gasteiger charge is 2.31. The van der Waals surface area contributed by atoms with E-state index in [0.717, 1.165) is 43.4 Å². The van der Waals surface area contributed by atoms with Crippen LogP contribution in [0.2, 0.25) is 0 Å². The predicted octanol–water partition coefficient (Wildman–Crippen LogP) is 2.71. The second-order valence-electron chi connectivity index (χ2n) is 5.20. The second kappa shape index (κ2) is 5.83. The van der Waals surface area contributed by atoms with Crippen LogP contribution in [-0.4, -0.2) is 36.9 Å². The van der Waals surface area contributed by atoms with Gasteiger partial charge in [0.1, 0.15) is 9.09 Å². The molecular formula is C13H19NO4S2. The fourth-order valence-electron chi connectivity index (χ4n) is 2.58. The molecule has 0 amide bonds. The molecule has 0 radical (unpaired) electrons. The number of carbonyl (C=O) groups is 1. The lowest BCUT2D eigenvalue weighted by atomic mass is 9.96. The highest BCUT2D eigenvalue weighted by atomic mass is 32.2. The molecule has 7 heteroatoms. The first kappa shape index (κ1) is 15.5. The summed E-state index contributed by atoms with van der Waals surface area (Å²) in [6.07, 6.45) is 5.02. The third kappa shape index (κ3) is 2.89. The molecule has 20 heavy (non-hydrogen) atoms. The molecule has 1 aromatic heterocycles. The summed E-state index contributed by atoms with van der Waals surface area (Å²) in [5.41, 5.74) is 0.498.